The Morgan fingerprint density at radius 2 is 2.05 bits per heavy atom. The number of aliphatic hydroxyl groups excluding tert-OH is 1. The van der Waals surface area contributed by atoms with Crippen molar-refractivity contribution in [3.8, 4) is 10.6 Å². The normalized spacial score (nSPS) is 12.4. The maximum Gasteiger partial charge on any atom is 0.123 e. The molecule has 108 valence electrons. The van der Waals surface area contributed by atoms with Crippen LogP contribution >= 0.6 is 22.7 Å². The molecule has 3 aromatic rings. The second-order valence-electron chi connectivity index (χ2n) is 4.70. The average molecular weight is 316 g/mol. The number of thiophene rings is 1. The third-order valence-electron chi connectivity index (χ3n) is 3.14. The number of rotatable bonds is 6. The number of nitrogens with zero attached hydrogens (tertiary/aromatic N) is 1. The SMILES string of the molecule is OC(CNCc1cnc(-c2ccccc2)s1)c1ccsc1. The van der Waals surface area contributed by atoms with Gasteiger partial charge in [-0.3, -0.25) is 0 Å². The van der Waals surface area contributed by atoms with Crippen LogP contribution in [-0.4, -0.2) is 16.6 Å². The van der Waals surface area contributed by atoms with Crippen molar-refractivity contribution < 1.29 is 5.11 Å². The summed E-state index contributed by atoms with van der Waals surface area (Å²) in [5.41, 5.74) is 2.12. The van der Waals surface area contributed by atoms with E-state index in [1.807, 2.05) is 41.2 Å². The summed E-state index contributed by atoms with van der Waals surface area (Å²) < 4.78 is 0. The lowest BCUT2D eigenvalue weighted by Gasteiger charge is -2.09. The number of nitrogens with one attached hydrogen (secondary N) is 1. The highest BCUT2D eigenvalue weighted by Gasteiger charge is 2.08. The van der Waals surface area contributed by atoms with Crippen molar-refractivity contribution in [3.63, 3.8) is 0 Å². The first-order valence-electron chi connectivity index (χ1n) is 6.74. The molecule has 1 atom stereocenters. The van der Waals surface area contributed by atoms with Gasteiger partial charge in [0, 0.05) is 29.7 Å². The number of benzene rings is 1. The van der Waals surface area contributed by atoms with Crippen LogP contribution in [0.25, 0.3) is 10.6 Å². The fourth-order valence-electron chi connectivity index (χ4n) is 2.02. The molecule has 1 unspecified atom stereocenters. The molecule has 2 aromatic heterocycles. The second-order valence-corrected chi connectivity index (χ2v) is 6.60. The Balaban J connectivity index is 1.54. The number of hydrogen-bond acceptors (Lipinski definition) is 5. The Bertz CT molecular complexity index is 665. The van der Waals surface area contributed by atoms with Crippen molar-refractivity contribution in [1.82, 2.24) is 10.3 Å². The van der Waals surface area contributed by atoms with E-state index < -0.39 is 6.10 Å². The van der Waals surface area contributed by atoms with Gasteiger partial charge in [0.15, 0.2) is 0 Å². The fraction of sp³-hybridized carbons (Fsp3) is 0.188. The van der Waals surface area contributed by atoms with Gasteiger partial charge in [-0.15, -0.1) is 11.3 Å². The fourth-order valence-corrected chi connectivity index (χ4v) is 3.61. The van der Waals surface area contributed by atoms with Crippen molar-refractivity contribution in [2.45, 2.75) is 12.6 Å². The summed E-state index contributed by atoms with van der Waals surface area (Å²) in [5.74, 6) is 0. The monoisotopic (exact) mass is 316 g/mol. The average Bonchev–Trinajstić information content (AvgIpc) is 3.20. The van der Waals surface area contributed by atoms with Gasteiger partial charge < -0.3 is 10.4 Å². The van der Waals surface area contributed by atoms with Gasteiger partial charge in [0.25, 0.3) is 0 Å². The minimum Gasteiger partial charge on any atom is -0.387 e. The number of aromatic nitrogens is 1. The topological polar surface area (TPSA) is 45.1 Å². The maximum absolute atomic E-state index is 10.0. The van der Waals surface area contributed by atoms with Gasteiger partial charge in [0.1, 0.15) is 5.01 Å². The Morgan fingerprint density at radius 1 is 1.19 bits per heavy atom. The van der Waals surface area contributed by atoms with E-state index in [9.17, 15) is 5.11 Å². The molecule has 0 spiro atoms. The summed E-state index contributed by atoms with van der Waals surface area (Å²) in [7, 11) is 0. The van der Waals surface area contributed by atoms with E-state index in [0.29, 0.717) is 6.54 Å². The lowest BCUT2D eigenvalue weighted by atomic mass is 10.2. The molecule has 0 saturated carbocycles. The molecular formula is C16H16N2OS2. The summed E-state index contributed by atoms with van der Waals surface area (Å²) in [6, 6.07) is 12.1. The lowest BCUT2D eigenvalue weighted by molar-refractivity contribution is 0.175. The van der Waals surface area contributed by atoms with Crippen molar-refractivity contribution in [2.75, 3.05) is 6.54 Å². The Kier molecular flexibility index (Phi) is 4.77. The molecule has 0 saturated heterocycles. The summed E-state index contributed by atoms with van der Waals surface area (Å²) in [6.45, 7) is 1.28. The van der Waals surface area contributed by atoms with E-state index in [0.717, 1.165) is 22.7 Å². The molecule has 0 amide bonds. The van der Waals surface area contributed by atoms with Crippen LogP contribution in [0.2, 0.25) is 0 Å². The summed E-state index contributed by atoms with van der Waals surface area (Å²) in [4.78, 5) is 5.62. The standard InChI is InChI=1S/C16H16N2OS2/c19-15(13-6-7-20-11-13)10-17-8-14-9-18-16(21-14)12-4-2-1-3-5-12/h1-7,9,11,15,17,19H,8,10H2. The van der Waals surface area contributed by atoms with Crippen LogP contribution in [0, 0.1) is 0 Å². The molecule has 2 N–H and O–H groups in total. The van der Waals surface area contributed by atoms with Crippen LogP contribution in [0.5, 0.6) is 0 Å². The van der Waals surface area contributed by atoms with Crippen LogP contribution in [0.1, 0.15) is 16.5 Å². The first-order chi connectivity index (χ1) is 10.3. The van der Waals surface area contributed by atoms with E-state index >= 15 is 0 Å². The summed E-state index contributed by atoms with van der Waals surface area (Å²) in [6.07, 6.45) is 1.45. The van der Waals surface area contributed by atoms with Crippen LogP contribution in [0.15, 0.2) is 53.4 Å². The summed E-state index contributed by atoms with van der Waals surface area (Å²) in [5, 5.41) is 18.3. The van der Waals surface area contributed by atoms with Gasteiger partial charge in [0.05, 0.1) is 6.10 Å². The van der Waals surface area contributed by atoms with E-state index in [-0.39, 0.29) is 0 Å². The Labute approximate surface area is 131 Å². The predicted octanol–water partition coefficient (Wildman–Crippen LogP) is 3.69. The van der Waals surface area contributed by atoms with Crippen LogP contribution in [-0.2, 0) is 6.54 Å². The molecule has 3 rings (SSSR count). The first-order valence-corrected chi connectivity index (χ1v) is 8.50. The van der Waals surface area contributed by atoms with Crippen LogP contribution < -0.4 is 5.32 Å². The highest BCUT2D eigenvalue weighted by molar-refractivity contribution is 7.15. The molecule has 21 heavy (non-hydrogen) atoms. The van der Waals surface area contributed by atoms with Gasteiger partial charge in [-0.05, 0) is 22.4 Å². The molecular weight excluding hydrogens is 300 g/mol. The molecule has 1 aromatic carbocycles. The molecule has 0 fully saturated rings. The zero-order chi connectivity index (χ0) is 14.5. The minimum absolute atomic E-state index is 0.447. The molecule has 3 nitrogen and oxygen atoms in total. The zero-order valence-corrected chi connectivity index (χ0v) is 13.0. The number of thiazole rings is 1. The predicted molar refractivity (Wildman–Crippen MR) is 88.5 cm³/mol. The third-order valence-corrected chi connectivity index (χ3v) is 4.89. The van der Waals surface area contributed by atoms with Crippen molar-refractivity contribution >= 4 is 22.7 Å². The van der Waals surface area contributed by atoms with Crippen LogP contribution in [0.4, 0.5) is 0 Å². The van der Waals surface area contributed by atoms with E-state index in [2.05, 4.69) is 22.4 Å². The highest BCUT2D eigenvalue weighted by Crippen LogP contribution is 2.24. The van der Waals surface area contributed by atoms with E-state index in [1.54, 1.807) is 22.7 Å². The zero-order valence-electron chi connectivity index (χ0n) is 11.4. The Hall–Kier alpha value is -1.53. The molecule has 0 aliphatic heterocycles. The molecule has 0 bridgehead atoms. The second kappa shape index (κ2) is 6.95. The molecule has 0 radical (unpaired) electrons. The first kappa shape index (κ1) is 14.4. The van der Waals surface area contributed by atoms with E-state index in [1.165, 1.54) is 4.88 Å². The van der Waals surface area contributed by atoms with Gasteiger partial charge in [-0.1, -0.05) is 30.3 Å². The van der Waals surface area contributed by atoms with Crippen molar-refractivity contribution in [2.24, 2.45) is 0 Å². The lowest BCUT2D eigenvalue weighted by Crippen LogP contribution is -2.20. The van der Waals surface area contributed by atoms with Crippen molar-refractivity contribution in [3.05, 3.63) is 63.8 Å². The maximum atomic E-state index is 10.0. The molecule has 2 heterocycles. The quantitative estimate of drug-likeness (QED) is 0.729. The third kappa shape index (κ3) is 3.77. The smallest absolute Gasteiger partial charge is 0.123 e. The molecule has 0 aliphatic carbocycles. The summed E-state index contributed by atoms with van der Waals surface area (Å²) >= 11 is 3.28. The van der Waals surface area contributed by atoms with Gasteiger partial charge >= 0.3 is 0 Å². The minimum atomic E-state index is -0.447. The molecule has 5 heteroatoms. The largest absolute Gasteiger partial charge is 0.387 e. The van der Waals surface area contributed by atoms with Gasteiger partial charge in [-0.2, -0.15) is 11.3 Å². The van der Waals surface area contributed by atoms with Gasteiger partial charge in [0.2, 0.25) is 0 Å². The molecule has 0 aliphatic rings. The van der Waals surface area contributed by atoms with Crippen molar-refractivity contribution in [1.29, 1.82) is 0 Å². The van der Waals surface area contributed by atoms with Gasteiger partial charge in [-0.25, -0.2) is 4.98 Å². The number of hydrogen-bond donors (Lipinski definition) is 2. The van der Waals surface area contributed by atoms with E-state index in [4.69, 9.17) is 0 Å². The Morgan fingerprint density at radius 3 is 2.81 bits per heavy atom. The highest BCUT2D eigenvalue weighted by atomic mass is 32.1. The van der Waals surface area contributed by atoms with Crippen LogP contribution in [0.3, 0.4) is 0 Å². The number of aliphatic hydroxyl groups is 1.